The first-order valence-corrected chi connectivity index (χ1v) is 13.2. The van der Waals surface area contributed by atoms with Gasteiger partial charge in [-0.15, -0.1) is 0 Å². The smallest absolute Gasteiger partial charge is 0.0626 e. The van der Waals surface area contributed by atoms with E-state index in [0.717, 1.165) is 0 Å². The van der Waals surface area contributed by atoms with Gasteiger partial charge in [-0.3, -0.25) is 0 Å². The molecule has 0 aliphatic heterocycles. The van der Waals surface area contributed by atoms with Gasteiger partial charge in [0.2, 0.25) is 0 Å². The number of hydrogen-bond donors (Lipinski definition) is 0. The second-order valence-electron chi connectivity index (χ2n) is 10.5. The highest BCUT2D eigenvalue weighted by Crippen LogP contribution is 2.52. The molecule has 0 N–H and O–H groups in total. The lowest BCUT2D eigenvalue weighted by Gasteiger charge is -2.12. The van der Waals surface area contributed by atoms with Gasteiger partial charge in [0.05, 0.1) is 27.8 Å². The van der Waals surface area contributed by atoms with Gasteiger partial charge in [-0.1, -0.05) is 91.0 Å². The number of nitrogens with zero attached hydrogens (tertiary/aromatic N) is 2. The molecule has 2 heteroatoms. The monoisotopic (exact) mass is 480 g/mol. The van der Waals surface area contributed by atoms with E-state index in [2.05, 4.69) is 130 Å². The zero-order valence-corrected chi connectivity index (χ0v) is 20.4. The van der Waals surface area contributed by atoms with Crippen molar-refractivity contribution < 1.29 is 0 Å². The standard InChI is InChI=1S/C36H20N2/c1-3-16-30-23(10-1)24-12-7-13-25-29-20-22(18-19-32(29)38(30)35(24)25)37-31-17-4-2-11-26(31)34-27-14-5-8-21-9-6-15-28(33(21)27)36(34)37/h1-20H. The molecule has 0 unspecified atom stereocenters. The Morgan fingerprint density at radius 3 is 1.97 bits per heavy atom. The summed E-state index contributed by atoms with van der Waals surface area (Å²) in [5.41, 5.74) is 11.6. The molecular weight excluding hydrogens is 460 g/mol. The van der Waals surface area contributed by atoms with Crippen molar-refractivity contribution in [3.05, 3.63) is 121 Å². The van der Waals surface area contributed by atoms with Crippen molar-refractivity contribution in [3.63, 3.8) is 0 Å². The Hall–Kier alpha value is -5.08. The Morgan fingerprint density at radius 2 is 1.11 bits per heavy atom. The van der Waals surface area contributed by atoms with Gasteiger partial charge in [-0.2, -0.15) is 0 Å². The summed E-state index contributed by atoms with van der Waals surface area (Å²) in [5, 5.41) is 9.24. The van der Waals surface area contributed by atoms with Gasteiger partial charge < -0.3 is 8.97 Å². The summed E-state index contributed by atoms with van der Waals surface area (Å²) < 4.78 is 4.94. The lowest BCUT2D eigenvalue weighted by Crippen LogP contribution is -1.96. The van der Waals surface area contributed by atoms with Crippen LogP contribution >= 0.6 is 0 Å². The normalized spacial score (nSPS) is 12.7. The van der Waals surface area contributed by atoms with E-state index in [4.69, 9.17) is 0 Å². The SMILES string of the molecule is c1cc2c3c(cccc3c1)-c1c-2c2ccccc2n1-c1ccc2c(c1)c1cccc3c4ccccc4n2c31. The largest absolute Gasteiger partial charge is 0.309 e. The highest BCUT2D eigenvalue weighted by atomic mass is 15.0. The van der Waals surface area contributed by atoms with Crippen molar-refractivity contribution in [1.82, 2.24) is 8.97 Å². The molecule has 38 heavy (non-hydrogen) atoms. The molecule has 10 rings (SSSR count). The minimum atomic E-state index is 1.21. The Morgan fingerprint density at radius 1 is 0.447 bits per heavy atom. The summed E-state index contributed by atoms with van der Waals surface area (Å²) in [6.07, 6.45) is 0. The molecule has 1 aliphatic carbocycles. The first-order chi connectivity index (χ1) is 18.9. The van der Waals surface area contributed by atoms with Crippen molar-refractivity contribution >= 4 is 59.8 Å². The average Bonchev–Trinajstić information content (AvgIpc) is 3.69. The van der Waals surface area contributed by atoms with Crippen molar-refractivity contribution in [2.45, 2.75) is 0 Å². The summed E-state index contributed by atoms with van der Waals surface area (Å²) in [6, 6.07) is 44.8. The fourth-order valence-electron chi connectivity index (χ4n) is 7.34. The van der Waals surface area contributed by atoms with Gasteiger partial charge >= 0.3 is 0 Å². The van der Waals surface area contributed by atoms with Crippen LogP contribution in [0.15, 0.2) is 121 Å². The number of benzene rings is 6. The summed E-state index contributed by atoms with van der Waals surface area (Å²) in [5.74, 6) is 0. The Bertz CT molecular complexity index is 2450. The maximum absolute atomic E-state index is 2.49. The van der Waals surface area contributed by atoms with Gasteiger partial charge in [0.15, 0.2) is 0 Å². The lowest BCUT2D eigenvalue weighted by atomic mass is 10.0. The Labute approximate surface area is 217 Å². The quantitative estimate of drug-likeness (QED) is 0.221. The van der Waals surface area contributed by atoms with E-state index in [-0.39, 0.29) is 0 Å². The van der Waals surface area contributed by atoms with Crippen LogP contribution < -0.4 is 0 Å². The molecular formula is C36H20N2. The highest BCUT2D eigenvalue weighted by molar-refractivity contribution is 6.24. The van der Waals surface area contributed by atoms with E-state index in [1.807, 2.05) is 0 Å². The maximum atomic E-state index is 2.49. The van der Waals surface area contributed by atoms with Crippen LogP contribution in [0.4, 0.5) is 0 Å². The maximum Gasteiger partial charge on any atom is 0.0626 e. The fraction of sp³-hybridized carbons (Fsp3) is 0. The van der Waals surface area contributed by atoms with Gasteiger partial charge in [-0.05, 0) is 46.7 Å². The van der Waals surface area contributed by atoms with Gasteiger partial charge in [0, 0.05) is 43.7 Å². The first-order valence-electron chi connectivity index (χ1n) is 13.2. The zero-order valence-electron chi connectivity index (χ0n) is 20.4. The van der Waals surface area contributed by atoms with Gasteiger partial charge in [0.1, 0.15) is 0 Å². The van der Waals surface area contributed by atoms with Crippen molar-refractivity contribution in [2.75, 3.05) is 0 Å². The predicted molar refractivity (Wildman–Crippen MR) is 160 cm³/mol. The van der Waals surface area contributed by atoms with Crippen molar-refractivity contribution in [3.8, 4) is 28.1 Å². The minimum Gasteiger partial charge on any atom is -0.309 e. The molecule has 6 aromatic carbocycles. The second kappa shape index (κ2) is 6.42. The molecule has 0 saturated heterocycles. The van der Waals surface area contributed by atoms with Crippen LogP contribution in [-0.4, -0.2) is 8.97 Å². The molecule has 0 amide bonds. The Kier molecular flexibility index (Phi) is 3.23. The van der Waals surface area contributed by atoms with Crippen LogP contribution in [0.2, 0.25) is 0 Å². The molecule has 0 atom stereocenters. The van der Waals surface area contributed by atoms with Crippen LogP contribution in [0.5, 0.6) is 0 Å². The number of hydrogen-bond acceptors (Lipinski definition) is 0. The van der Waals surface area contributed by atoms with Crippen LogP contribution in [0.25, 0.3) is 87.8 Å². The van der Waals surface area contributed by atoms with E-state index in [0.29, 0.717) is 0 Å². The lowest BCUT2D eigenvalue weighted by molar-refractivity contribution is 1.14. The van der Waals surface area contributed by atoms with E-state index in [1.54, 1.807) is 0 Å². The van der Waals surface area contributed by atoms with Crippen molar-refractivity contribution in [2.24, 2.45) is 0 Å². The van der Waals surface area contributed by atoms with Gasteiger partial charge in [-0.25, -0.2) is 0 Å². The second-order valence-corrected chi connectivity index (χ2v) is 10.5. The third-order valence-electron chi connectivity index (χ3n) is 8.77. The molecule has 174 valence electrons. The number of rotatable bonds is 1. The minimum absolute atomic E-state index is 1.21. The first kappa shape index (κ1) is 19.1. The summed E-state index contributed by atoms with van der Waals surface area (Å²) >= 11 is 0. The third kappa shape index (κ3) is 2.06. The highest BCUT2D eigenvalue weighted by Gasteiger charge is 2.29. The number of fused-ring (bicyclic) bond motifs is 11. The van der Waals surface area contributed by atoms with Crippen LogP contribution in [0.1, 0.15) is 0 Å². The van der Waals surface area contributed by atoms with Gasteiger partial charge in [0.25, 0.3) is 0 Å². The topological polar surface area (TPSA) is 9.34 Å². The van der Waals surface area contributed by atoms with Crippen LogP contribution in [0.3, 0.4) is 0 Å². The molecule has 9 aromatic rings. The molecule has 3 aromatic heterocycles. The van der Waals surface area contributed by atoms with E-state index < -0.39 is 0 Å². The van der Waals surface area contributed by atoms with Crippen LogP contribution in [-0.2, 0) is 0 Å². The molecule has 2 nitrogen and oxygen atoms in total. The zero-order chi connectivity index (χ0) is 24.5. The average molecular weight is 481 g/mol. The van der Waals surface area contributed by atoms with Crippen molar-refractivity contribution in [1.29, 1.82) is 0 Å². The molecule has 0 bridgehead atoms. The molecule has 0 radical (unpaired) electrons. The van der Waals surface area contributed by atoms with E-state index >= 15 is 0 Å². The van der Waals surface area contributed by atoms with E-state index in [9.17, 15) is 0 Å². The summed E-state index contributed by atoms with van der Waals surface area (Å²) in [6.45, 7) is 0. The summed E-state index contributed by atoms with van der Waals surface area (Å²) in [4.78, 5) is 0. The predicted octanol–water partition coefficient (Wildman–Crippen LogP) is 9.58. The molecule has 1 aliphatic rings. The number of aromatic nitrogens is 2. The number of para-hydroxylation sites is 3. The molecule has 0 saturated carbocycles. The Balaban J connectivity index is 1.36. The van der Waals surface area contributed by atoms with E-state index in [1.165, 1.54) is 87.8 Å². The fourth-order valence-corrected chi connectivity index (χ4v) is 7.34. The summed E-state index contributed by atoms with van der Waals surface area (Å²) in [7, 11) is 0. The van der Waals surface area contributed by atoms with Crippen LogP contribution in [0, 0.1) is 0 Å². The molecule has 3 heterocycles. The molecule has 0 fully saturated rings. The third-order valence-corrected chi connectivity index (χ3v) is 8.77. The molecule has 0 spiro atoms.